The number of H-pyrrole nitrogens is 1. The van der Waals surface area contributed by atoms with E-state index in [1.54, 1.807) is 0 Å². The molecule has 0 saturated heterocycles. The van der Waals surface area contributed by atoms with Gasteiger partial charge in [-0.1, -0.05) is 42.5 Å². The molecule has 3 aromatic rings. The quantitative estimate of drug-likeness (QED) is 0.777. The molecule has 0 bridgehead atoms. The van der Waals surface area contributed by atoms with Crippen LogP contribution >= 0.6 is 0 Å². The highest BCUT2D eigenvalue weighted by Crippen LogP contribution is 2.17. The van der Waals surface area contributed by atoms with Crippen LogP contribution in [-0.2, 0) is 11.2 Å². The molecule has 116 valence electrons. The summed E-state index contributed by atoms with van der Waals surface area (Å²) in [6.45, 7) is 3.97. The second kappa shape index (κ2) is 6.44. The summed E-state index contributed by atoms with van der Waals surface area (Å²) >= 11 is 0. The Hall–Kier alpha value is -2.95. The van der Waals surface area contributed by atoms with Crippen molar-refractivity contribution < 1.29 is 4.79 Å². The van der Waals surface area contributed by atoms with Crippen molar-refractivity contribution in [2.24, 2.45) is 0 Å². The first-order valence-electron chi connectivity index (χ1n) is 7.45. The zero-order valence-electron chi connectivity index (χ0n) is 13.1. The largest absolute Gasteiger partial charge is 0.325 e. The van der Waals surface area contributed by atoms with Crippen LogP contribution in [0.1, 0.15) is 17.0 Å². The van der Waals surface area contributed by atoms with Crippen LogP contribution < -0.4 is 5.32 Å². The molecule has 1 heterocycles. The molecular formula is C18H18N4O. The first-order chi connectivity index (χ1) is 11.1. The molecular weight excluding hydrogens is 288 g/mol. The Kier molecular flexibility index (Phi) is 4.19. The van der Waals surface area contributed by atoms with E-state index >= 15 is 0 Å². The van der Waals surface area contributed by atoms with Gasteiger partial charge in [-0.2, -0.15) is 5.10 Å². The van der Waals surface area contributed by atoms with Crippen molar-refractivity contribution in [3.8, 4) is 11.4 Å². The standard InChI is InChI=1S/C18H18N4O/c1-12-8-9-13(2)15(10-12)19-17(23)11-16-20-18(22-21-16)14-6-4-3-5-7-14/h3-10H,11H2,1-2H3,(H,19,23)(H,20,21,22). The van der Waals surface area contributed by atoms with E-state index in [2.05, 4.69) is 20.5 Å². The summed E-state index contributed by atoms with van der Waals surface area (Å²) in [5.41, 5.74) is 3.89. The van der Waals surface area contributed by atoms with Crippen molar-refractivity contribution in [2.75, 3.05) is 5.32 Å². The molecule has 0 radical (unpaired) electrons. The number of rotatable bonds is 4. The fourth-order valence-electron chi connectivity index (χ4n) is 2.31. The van der Waals surface area contributed by atoms with Gasteiger partial charge in [0, 0.05) is 11.3 Å². The number of anilines is 1. The number of carbonyl (C=O) groups is 1. The maximum atomic E-state index is 12.2. The van der Waals surface area contributed by atoms with Crippen LogP contribution in [0.3, 0.4) is 0 Å². The summed E-state index contributed by atoms with van der Waals surface area (Å²) in [5.74, 6) is 1.03. The van der Waals surface area contributed by atoms with Gasteiger partial charge >= 0.3 is 0 Å². The second-order valence-electron chi connectivity index (χ2n) is 5.52. The van der Waals surface area contributed by atoms with Crippen molar-refractivity contribution in [2.45, 2.75) is 20.3 Å². The Bertz CT molecular complexity index is 824. The van der Waals surface area contributed by atoms with Crippen LogP contribution in [-0.4, -0.2) is 21.1 Å². The third kappa shape index (κ3) is 3.63. The van der Waals surface area contributed by atoms with Gasteiger partial charge in [0.25, 0.3) is 0 Å². The number of amides is 1. The number of benzene rings is 2. The molecule has 1 amide bonds. The predicted molar refractivity (Wildman–Crippen MR) is 90.1 cm³/mol. The van der Waals surface area contributed by atoms with Gasteiger partial charge in [0.15, 0.2) is 5.82 Å². The second-order valence-corrected chi connectivity index (χ2v) is 5.52. The van der Waals surface area contributed by atoms with Gasteiger partial charge in [-0.25, -0.2) is 4.98 Å². The number of carbonyl (C=O) groups excluding carboxylic acids is 1. The van der Waals surface area contributed by atoms with Crippen LogP contribution in [0.25, 0.3) is 11.4 Å². The Labute approximate surface area is 134 Å². The number of nitrogens with one attached hydrogen (secondary N) is 2. The maximum absolute atomic E-state index is 12.2. The molecule has 23 heavy (non-hydrogen) atoms. The van der Waals surface area contributed by atoms with Gasteiger partial charge < -0.3 is 5.32 Å². The highest BCUT2D eigenvalue weighted by molar-refractivity contribution is 5.92. The Morgan fingerprint density at radius 2 is 1.91 bits per heavy atom. The summed E-state index contributed by atoms with van der Waals surface area (Å²) in [6, 6.07) is 15.6. The lowest BCUT2D eigenvalue weighted by Crippen LogP contribution is -2.16. The number of aryl methyl sites for hydroxylation is 2. The van der Waals surface area contributed by atoms with Crippen LogP contribution in [0.2, 0.25) is 0 Å². The molecule has 2 N–H and O–H groups in total. The molecule has 0 fully saturated rings. The number of nitrogens with zero attached hydrogens (tertiary/aromatic N) is 2. The zero-order chi connectivity index (χ0) is 16.2. The van der Waals surface area contributed by atoms with Crippen LogP contribution in [0, 0.1) is 13.8 Å². The smallest absolute Gasteiger partial charge is 0.232 e. The molecule has 5 nitrogen and oxygen atoms in total. The average Bonchev–Trinajstić information content (AvgIpc) is 3.00. The lowest BCUT2D eigenvalue weighted by atomic mass is 10.1. The molecule has 0 atom stereocenters. The van der Waals surface area contributed by atoms with Crippen LogP contribution in [0.15, 0.2) is 48.5 Å². The van der Waals surface area contributed by atoms with Gasteiger partial charge in [0.05, 0.1) is 6.42 Å². The number of aromatic amines is 1. The van der Waals surface area contributed by atoms with Crippen LogP contribution in [0.4, 0.5) is 5.69 Å². The highest BCUT2D eigenvalue weighted by atomic mass is 16.1. The van der Waals surface area contributed by atoms with Crippen molar-refractivity contribution in [1.29, 1.82) is 0 Å². The molecule has 2 aromatic carbocycles. The van der Waals surface area contributed by atoms with Gasteiger partial charge in [0.2, 0.25) is 5.91 Å². The molecule has 0 unspecified atom stereocenters. The van der Waals surface area contributed by atoms with Crippen molar-refractivity contribution >= 4 is 11.6 Å². The van der Waals surface area contributed by atoms with E-state index in [4.69, 9.17) is 0 Å². The summed E-state index contributed by atoms with van der Waals surface area (Å²) in [4.78, 5) is 16.6. The molecule has 5 heteroatoms. The van der Waals surface area contributed by atoms with E-state index < -0.39 is 0 Å². The normalized spacial score (nSPS) is 10.5. The van der Waals surface area contributed by atoms with E-state index in [9.17, 15) is 4.79 Å². The molecule has 0 aliphatic carbocycles. The van der Waals surface area contributed by atoms with Crippen molar-refractivity contribution in [3.63, 3.8) is 0 Å². The molecule has 0 saturated carbocycles. The van der Waals surface area contributed by atoms with E-state index in [0.29, 0.717) is 11.6 Å². The third-order valence-corrected chi connectivity index (χ3v) is 3.56. The zero-order valence-corrected chi connectivity index (χ0v) is 13.1. The van der Waals surface area contributed by atoms with Crippen molar-refractivity contribution in [3.05, 3.63) is 65.5 Å². The Morgan fingerprint density at radius 1 is 1.13 bits per heavy atom. The summed E-state index contributed by atoms with van der Waals surface area (Å²) in [7, 11) is 0. The minimum atomic E-state index is -0.116. The van der Waals surface area contributed by atoms with Gasteiger partial charge in [0.1, 0.15) is 5.82 Å². The van der Waals surface area contributed by atoms with E-state index in [-0.39, 0.29) is 12.3 Å². The number of aromatic nitrogens is 3. The molecule has 0 aliphatic rings. The minimum Gasteiger partial charge on any atom is -0.325 e. The van der Waals surface area contributed by atoms with E-state index in [1.807, 2.05) is 62.4 Å². The van der Waals surface area contributed by atoms with Gasteiger partial charge in [-0.05, 0) is 31.0 Å². The molecule has 0 spiro atoms. The molecule has 0 aliphatic heterocycles. The lowest BCUT2D eigenvalue weighted by Gasteiger charge is -2.08. The van der Waals surface area contributed by atoms with E-state index in [1.165, 1.54) is 0 Å². The van der Waals surface area contributed by atoms with Crippen LogP contribution in [0.5, 0.6) is 0 Å². The average molecular weight is 306 g/mol. The fraction of sp³-hybridized carbons (Fsp3) is 0.167. The monoisotopic (exact) mass is 306 g/mol. The predicted octanol–water partition coefficient (Wildman–Crippen LogP) is 3.27. The number of hydrogen-bond donors (Lipinski definition) is 2. The summed E-state index contributed by atoms with van der Waals surface area (Å²) in [6.07, 6.45) is 0.160. The van der Waals surface area contributed by atoms with E-state index in [0.717, 1.165) is 22.4 Å². The first-order valence-corrected chi connectivity index (χ1v) is 7.45. The molecule has 3 rings (SSSR count). The topological polar surface area (TPSA) is 70.7 Å². The molecule has 1 aromatic heterocycles. The Balaban J connectivity index is 1.69. The maximum Gasteiger partial charge on any atom is 0.232 e. The Morgan fingerprint density at radius 3 is 2.70 bits per heavy atom. The third-order valence-electron chi connectivity index (χ3n) is 3.56. The van der Waals surface area contributed by atoms with Gasteiger partial charge in [-0.3, -0.25) is 9.89 Å². The highest BCUT2D eigenvalue weighted by Gasteiger charge is 2.11. The summed E-state index contributed by atoms with van der Waals surface area (Å²) in [5, 5.41) is 9.91. The van der Waals surface area contributed by atoms with Crippen molar-refractivity contribution in [1.82, 2.24) is 15.2 Å². The minimum absolute atomic E-state index is 0.116. The number of hydrogen-bond acceptors (Lipinski definition) is 3. The first kappa shape index (κ1) is 15.0. The summed E-state index contributed by atoms with van der Waals surface area (Å²) < 4.78 is 0. The van der Waals surface area contributed by atoms with Gasteiger partial charge in [-0.15, -0.1) is 0 Å². The SMILES string of the molecule is Cc1ccc(C)c(NC(=O)Cc2nc(-c3ccccc3)n[nH]2)c1. The lowest BCUT2D eigenvalue weighted by molar-refractivity contribution is -0.115. The fourth-order valence-corrected chi connectivity index (χ4v) is 2.31.